The van der Waals surface area contributed by atoms with E-state index < -0.39 is 6.61 Å². The van der Waals surface area contributed by atoms with E-state index in [9.17, 15) is 13.6 Å². The van der Waals surface area contributed by atoms with Crippen molar-refractivity contribution in [2.45, 2.75) is 32.3 Å². The van der Waals surface area contributed by atoms with E-state index in [4.69, 9.17) is 4.74 Å². The number of rotatable bonds is 9. The highest BCUT2D eigenvalue weighted by Crippen LogP contribution is 2.26. The molecule has 0 atom stereocenters. The first-order valence-electron chi connectivity index (χ1n) is 10.2. The Bertz CT molecular complexity index is 806. The van der Waals surface area contributed by atoms with Crippen LogP contribution in [0.25, 0.3) is 0 Å². The molecule has 1 saturated heterocycles. The Hall–Kier alpha value is -2.67. The first kappa shape index (κ1) is 22.0. The van der Waals surface area contributed by atoms with Gasteiger partial charge in [0.15, 0.2) is 0 Å². The minimum Gasteiger partial charge on any atom is -0.497 e. The van der Waals surface area contributed by atoms with Crippen LogP contribution in [-0.4, -0.2) is 44.2 Å². The third-order valence-electron chi connectivity index (χ3n) is 5.45. The van der Waals surface area contributed by atoms with Gasteiger partial charge in [-0.15, -0.1) is 0 Å². The molecule has 1 heterocycles. The van der Waals surface area contributed by atoms with Crippen molar-refractivity contribution in [1.82, 2.24) is 4.90 Å². The molecule has 3 rings (SSSR count). The minimum atomic E-state index is -2.93. The number of nitrogens with one attached hydrogen (secondary N) is 1. The van der Waals surface area contributed by atoms with Gasteiger partial charge in [0, 0.05) is 0 Å². The highest BCUT2D eigenvalue weighted by molar-refractivity contribution is 5.93. The SMILES string of the molecule is COc1ccc(CCC2CCN(CC(=O)Nc3ccccc3OC(F)F)CC2)cc1. The monoisotopic (exact) mass is 418 g/mol. The molecule has 5 nitrogen and oxygen atoms in total. The van der Waals surface area contributed by atoms with E-state index in [1.54, 1.807) is 25.3 Å². The van der Waals surface area contributed by atoms with Gasteiger partial charge in [0.25, 0.3) is 0 Å². The van der Waals surface area contributed by atoms with Gasteiger partial charge in [0.05, 0.1) is 19.3 Å². The van der Waals surface area contributed by atoms with Crippen molar-refractivity contribution in [3.05, 3.63) is 54.1 Å². The Morgan fingerprint density at radius 1 is 1.13 bits per heavy atom. The Morgan fingerprint density at radius 2 is 1.83 bits per heavy atom. The Morgan fingerprint density at radius 3 is 2.50 bits per heavy atom. The number of likely N-dealkylation sites (tertiary alicyclic amines) is 1. The fourth-order valence-electron chi connectivity index (χ4n) is 3.76. The summed E-state index contributed by atoms with van der Waals surface area (Å²) in [4.78, 5) is 14.5. The summed E-state index contributed by atoms with van der Waals surface area (Å²) >= 11 is 0. The maximum atomic E-state index is 12.5. The van der Waals surface area contributed by atoms with Gasteiger partial charge < -0.3 is 14.8 Å². The number of carbonyl (C=O) groups excluding carboxylic acids is 1. The standard InChI is InChI=1S/C23H28F2N2O3/c1-29-19-10-8-17(9-11-19)6-7-18-12-14-27(15-13-18)16-22(28)26-20-4-2-3-5-21(20)30-23(24)25/h2-5,8-11,18,23H,6-7,12-16H2,1H3,(H,26,28). The van der Waals surface area contributed by atoms with Crippen LogP contribution in [0.4, 0.5) is 14.5 Å². The number of aryl methyl sites for hydroxylation is 1. The third-order valence-corrected chi connectivity index (χ3v) is 5.45. The second-order valence-electron chi connectivity index (χ2n) is 7.53. The molecule has 162 valence electrons. The normalized spacial score (nSPS) is 15.2. The molecule has 0 aromatic heterocycles. The average Bonchev–Trinajstić information content (AvgIpc) is 2.74. The maximum Gasteiger partial charge on any atom is 0.387 e. The highest BCUT2D eigenvalue weighted by Gasteiger charge is 2.21. The van der Waals surface area contributed by atoms with Gasteiger partial charge in [-0.2, -0.15) is 8.78 Å². The molecule has 1 amide bonds. The summed E-state index contributed by atoms with van der Waals surface area (Å²) in [5.74, 6) is 1.26. The van der Waals surface area contributed by atoms with Crippen LogP contribution in [0, 0.1) is 5.92 Å². The zero-order chi connectivity index (χ0) is 21.3. The summed E-state index contributed by atoms with van der Waals surface area (Å²) in [5.41, 5.74) is 1.57. The predicted molar refractivity (Wildman–Crippen MR) is 112 cm³/mol. The quantitative estimate of drug-likeness (QED) is 0.648. The van der Waals surface area contributed by atoms with Gasteiger partial charge in [-0.25, -0.2) is 0 Å². The van der Waals surface area contributed by atoms with Crippen LogP contribution in [0.3, 0.4) is 0 Å². The van der Waals surface area contributed by atoms with E-state index in [0.29, 0.717) is 5.92 Å². The van der Waals surface area contributed by atoms with Crippen LogP contribution in [-0.2, 0) is 11.2 Å². The summed E-state index contributed by atoms with van der Waals surface area (Å²) in [7, 11) is 1.67. The molecule has 0 aliphatic carbocycles. The fourth-order valence-corrected chi connectivity index (χ4v) is 3.76. The highest BCUT2D eigenvalue weighted by atomic mass is 19.3. The molecule has 0 unspecified atom stereocenters. The molecule has 0 radical (unpaired) electrons. The van der Waals surface area contributed by atoms with Crippen molar-refractivity contribution in [2.24, 2.45) is 5.92 Å². The molecule has 0 saturated carbocycles. The molecule has 0 spiro atoms. The van der Waals surface area contributed by atoms with E-state index in [1.807, 2.05) is 12.1 Å². The zero-order valence-corrected chi connectivity index (χ0v) is 17.2. The van der Waals surface area contributed by atoms with Gasteiger partial charge in [0.1, 0.15) is 11.5 Å². The number of halogens is 2. The van der Waals surface area contributed by atoms with Crippen molar-refractivity contribution in [3.8, 4) is 11.5 Å². The summed E-state index contributed by atoms with van der Waals surface area (Å²) < 4.78 is 34.7. The molecule has 30 heavy (non-hydrogen) atoms. The maximum absolute atomic E-state index is 12.5. The predicted octanol–water partition coefficient (Wildman–Crippen LogP) is 4.58. The number of benzene rings is 2. The van der Waals surface area contributed by atoms with Crippen molar-refractivity contribution >= 4 is 11.6 Å². The molecular weight excluding hydrogens is 390 g/mol. The topological polar surface area (TPSA) is 50.8 Å². The van der Waals surface area contributed by atoms with Gasteiger partial charge in [-0.05, 0) is 74.5 Å². The number of carbonyl (C=O) groups is 1. The summed E-state index contributed by atoms with van der Waals surface area (Å²) in [6.07, 6.45) is 4.27. The van der Waals surface area contributed by atoms with Crippen LogP contribution < -0.4 is 14.8 Å². The lowest BCUT2D eigenvalue weighted by molar-refractivity contribution is -0.117. The first-order chi connectivity index (χ1) is 14.5. The molecule has 7 heteroatoms. The Kier molecular flexibility index (Phi) is 8.02. The molecule has 1 aliphatic rings. The van der Waals surface area contributed by atoms with E-state index in [2.05, 4.69) is 27.1 Å². The van der Waals surface area contributed by atoms with Gasteiger partial charge in [-0.3, -0.25) is 9.69 Å². The van der Waals surface area contributed by atoms with Crippen LogP contribution >= 0.6 is 0 Å². The largest absolute Gasteiger partial charge is 0.497 e. The van der Waals surface area contributed by atoms with Crippen LogP contribution in [0.15, 0.2) is 48.5 Å². The Labute approximate surface area is 176 Å². The van der Waals surface area contributed by atoms with E-state index in [1.165, 1.54) is 11.6 Å². The smallest absolute Gasteiger partial charge is 0.387 e. The summed E-state index contributed by atoms with van der Waals surface area (Å²) in [5, 5.41) is 2.68. The Balaban J connectivity index is 1.40. The second-order valence-corrected chi connectivity index (χ2v) is 7.53. The van der Waals surface area contributed by atoms with Crippen LogP contribution in [0.5, 0.6) is 11.5 Å². The second kappa shape index (κ2) is 10.9. The fraction of sp³-hybridized carbons (Fsp3) is 0.435. The lowest BCUT2D eigenvalue weighted by Gasteiger charge is -2.31. The number of methoxy groups -OCH3 is 1. The molecule has 1 fully saturated rings. The summed E-state index contributed by atoms with van der Waals surface area (Å²) in [6.45, 7) is -0.972. The van der Waals surface area contributed by atoms with Gasteiger partial charge in [0.2, 0.25) is 5.91 Å². The average molecular weight is 418 g/mol. The van der Waals surface area contributed by atoms with Gasteiger partial charge in [-0.1, -0.05) is 24.3 Å². The first-order valence-corrected chi connectivity index (χ1v) is 10.2. The van der Waals surface area contributed by atoms with Crippen molar-refractivity contribution in [1.29, 1.82) is 0 Å². The number of anilines is 1. The summed E-state index contributed by atoms with van der Waals surface area (Å²) in [6, 6.07) is 14.4. The number of para-hydroxylation sites is 2. The molecule has 1 N–H and O–H groups in total. The van der Waals surface area contributed by atoms with Gasteiger partial charge >= 0.3 is 6.61 Å². The molecule has 1 aliphatic heterocycles. The van der Waals surface area contributed by atoms with Crippen molar-refractivity contribution < 1.29 is 23.0 Å². The molecule has 2 aromatic carbocycles. The number of ether oxygens (including phenoxy) is 2. The number of hydrogen-bond donors (Lipinski definition) is 1. The third kappa shape index (κ3) is 6.69. The van der Waals surface area contributed by atoms with E-state index in [0.717, 1.165) is 44.5 Å². The van der Waals surface area contributed by atoms with Crippen LogP contribution in [0.1, 0.15) is 24.8 Å². The van der Waals surface area contributed by atoms with Crippen molar-refractivity contribution in [3.63, 3.8) is 0 Å². The zero-order valence-electron chi connectivity index (χ0n) is 17.2. The van der Waals surface area contributed by atoms with E-state index >= 15 is 0 Å². The number of piperidine rings is 1. The number of hydrogen-bond acceptors (Lipinski definition) is 4. The molecular formula is C23H28F2N2O3. The number of nitrogens with zero attached hydrogens (tertiary/aromatic N) is 1. The lowest BCUT2D eigenvalue weighted by atomic mass is 9.90. The van der Waals surface area contributed by atoms with Crippen LogP contribution in [0.2, 0.25) is 0 Å². The molecule has 2 aromatic rings. The number of amides is 1. The van der Waals surface area contributed by atoms with Crippen molar-refractivity contribution in [2.75, 3.05) is 32.1 Å². The molecule has 0 bridgehead atoms. The van der Waals surface area contributed by atoms with E-state index in [-0.39, 0.29) is 23.9 Å². The lowest BCUT2D eigenvalue weighted by Crippen LogP contribution is -2.39. The number of alkyl halides is 2. The minimum absolute atomic E-state index is 0.0295.